The van der Waals surface area contributed by atoms with Gasteiger partial charge in [-0.15, -0.1) is 0 Å². The third-order valence-corrected chi connectivity index (χ3v) is 2.79. The quantitative estimate of drug-likeness (QED) is 0.618. The fourth-order valence-electron chi connectivity index (χ4n) is 1.71. The molecule has 21 heavy (non-hydrogen) atoms. The molecular formula is C13H16N4O4. The molecule has 8 heteroatoms. The SMILES string of the molecule is CCO[C@@H](C)c1noc(CNc2ccc([N+](=O)[O-])cc2)n1. The van der Waals surface area contributed by atoms with Gasteiger partial charge in [0.25, 0.3) is 5.69 Å². The van der Waals surface area contributed by atoms with E-state index in [1.54, 1.807) is 12.1 Å². The number of ether oxygens (including phenoxy) is 1. The van der Waals surface area contributed by atoms with Gasteiger partial charge < -0.3 is 14.6 Å². The summed E-state index contributed by atoms with van der Waals surface area (Å²) < 4.78 is 10.5. The summed E-state index contributed by atoms with van der Waals surface area (Å²) in [5.41, 5.74) is 0.782. The van der Waals surface area contributed by atoms with Crippen LogP contribution in [0.3, 0.4) is 0 Å². The Labute approximate surface area is 121 Å². The van der Waals surface area contributed by atoms with E-state index >= 15 is 0 Å². The highest BCUT2D eigenvalue weighted by atomic mass is 16.6. The molecule has 0 aliphatic carbocycles. The molecule has 0 saturated carbocycles. The highest BCUT2D eigenvalue weighted by Crippen LogP contribution is 2.17. The zero-order chi connectivity index (χ0) is 15.2. The van der Waals surface area contributed by atoms with Gasteiger partial charge in [0.15, 0.2) is 5.82 Å². The van der Waals surface area contributed by atoms with Crippen molar-refractivity contribution in [3.05, 3.63) is 46.1 Å². The van der Waals surface area contributed by atoms with E-state index in [9.17, 15) is 10.1 Å². The zero-order valence-electron chi connectivity index (χ0n) is 11.8. The Balaban J connectivity index is 1.92. The minimum absolute atomic E-state index is 0.0474. The number of nitrogens with zero attached hydrogens (tertiary/aromatic N) is 3. The summed E-state index contributed by atoms with van der Waals surface area (Å²) in [5, 5.41) is 17.4. The highest BCUT2D eigenvalue weighted by Gasteiger charge is 2.13. The second-order valence-electron chi connectivity index (χ2n) is 4.30. The van der Waals surface area contributed by atoms with Crippen molar-refractivity contribution in [2.24, 2.45) is 0 Å². The lowest BCUT2D eigenvalue weighted by molar-refractivity contribution is -0.384. The van der Waals surface area contributed by atoms with Gasteiger partial charge in [-0.1, -0.05) is 5.16 Å². The normalized spacial score (nSPS) is 12.1. The summed E-state index contributed by atoms with van der Waals surface area (Å²) in [7, 11) is 0. The minimum atomic E-state index is -0.441. The van der Waals surface area contributed by atoms with Crippen LogP contribution in [0.25, 0.3) is 0 Å². The fraction of sp³-hybridized carbons (Fsp3) is 0.385. The molecule has 0 bridgehead atoms. The second-order valence-corrected chi connectivity index (χ2v) is 4.30. The maximum atomic E-state index is 10.6. The average Bonchev–Trinajstić information content (AvgIpc) is 2.95. The number of nitrogens with one attached hydrogen (secondary N) is 1. The van der Waals surface area contributed by atoms with E-state index in [-0.39, 0.29) is 11.8 Å². The van der Waals surface area contributed by atoms with Gasteiger partial charge in [-0.25, -0.2) is 0 Å². The third-order valence-electron chi connectivity index (χ3n) is 2.79. The van der Waals surface area contributed by atoms with E-state index in [1.165, 1.54) is 12.1 Å². The molecule has 8 nitrogen and oxygen atoms in total. The van der Waals surface area contributed by atoms with Gasteiger partial charge in [-0.05, 0) is 26.0 Å². The van der Waals surface area contributed by atoms with Crippen molar-refractivity contribution < 1.29 is 14.2 Å². The first-order chi connectivity index (χ1) is 10.1. The first-order valence-corrected chi connectivity index (χ1v) is 6.52. The number of aromatic nitrogens is 2. The molecule has 1 atom stereocenters. The van der Waals surface area contributed by atoms with Gasteiger partial charge in [0, 0.05) is 24.4 Å². The molecule has 1 aromatic carbocycles. The predicted molar refractivity (Wildman–Crippen MR) is 74.8 cm³/mol. The fourth-order valence-corrected chi connectivity index (χ4v) is 1.71. The molecule has 2 aromatic rings. The standard InChI is InChI=1S/C13H16N4O4/c1-3-20-9(2)13-15-12(21-16-13)8-14-10-4-6-11(7-5-10)17(18)19/h4-7,9,14H,3,8H2,1-2H3/t9-/m0/s1. The monoisotopic (exact) mass is 292 g/mol. The number of nitro groups is 1. The molecule has 1 aromatic heterocycles. The van der Waals surface area contributed by atoms with Crippen molar-refractivity contribution in [1.82, 2.24) is 10.1 Å². The molecule has 0 amide bonds. The van der Waals surface area contributed by atoms with Crippen molar-refractivity contribution in [1.29, 1.82) is 0 Å². The maximum Gasteiger partial charge on any atom is 0.269 e. The second kappa shape index (κ2) is 6.80. The van der Waals surface area contributed by atoms with Gasteiger partial charge in [0.05, 0.1) is 11.5 Å². The lowest BCUT2D eigenvalue weighted by Crippen LogP contribution is -2.03. The molecule has 0 unspecified atom stereocenters. The van der Waals surface area contributed by atoms with E-state index in [4.69, 9.17) is 9.26 Å². The summed E-state index contributed by atoms with van der Waals surface area (Å²) in [5.74, 6) is 0.923. The van der Waals surface area contributed by atoms with Crippen molar-refractivity contribution >= 4 is 11.4 Å². The Morgan fingerprint density at radius 3 is 2.76 bits per heavy atom. The van der Waals surface area contributed by atoms with Crippen molar-refractivity contribution in [3.63, 3.8) is 0 Å². The molecule has 0 saturated heterocycles. The van der Waals surface area contributed by atoms with Gasteiger partial charge in [0.2, 0.25) is 5.89 Å². The van der Waals surface area contributed by atoms with Crippen LogP contribution in [0.1, 0.15) is 31.7 Å². The summed E-state index contributed by atoms with van der Waals surface area (Å²) >= 11 is 0. The van der Waals surface area contributed by atoms with Crippen LogP contribution in [0.5, 0.6) is 0 Å². The summed E-state index contributed by atoms with van der Waals surface area (Å²) in [4.78, 5) is 14.3. The van der Waals surface area contributed by atoms with Gasteiger partial charge >= 0.3 is 0 Å². The number of hydrogen-bond donors (Lipinski definition) is 1. The molecule has 0 fully saturated rings. The molecule has 2 rings (SSSR count). The molecule has 0 aliphatic rings. The molecule has 112 valence electrons. The number of rotatable bonds is 7. The zero-order valence-corrected chi connectivity index (χ0v) is 11.8. The maximum absolute atomic E-state index is 10.6. The van der Waals surface area contributed by atoms with E-state index in [1.807, 2.05) is 13.8 Å². The third kappa shape index (κ3) is 3.99. The summed E-state index contributed by atoms with van der Waals surface area (Å²) in [6.07, 6.45) is -0.216. The molecule has 1 heterocycles. The Bertz CT molecular complexity index is 596. The summed E-state index contributed by atoms with van der Waals surface area (Å²) in [6.45, 7) is 4.66. The van der Waals surface area contributed by atoms with Gasteiger partial charge in [-0.2, -0.15) is 4.98 Å². The Hall–Kier alpha value is -2.48. The molecule has 0 spiro atoms. The molecule has 0 radical (unpaired) electrons. The van der Waals surface area contributed by atoms with Crippen LogP contribution < -0.4 is 5.32 Å². The largest absolute Gasteiger partial charge is 0.376 e. The average molecular weight is 292 g/mol. The Morgan fingerprint density at radius 2 is 2.14 bits per heavy atom. The first-order valence-electron chi connectivity index (χ1n) is 6.52. The van der Waals surface area contributed by atoms with Crippen LogP contribution in [-0.2, 0) is 11.3 Å². The van der Waals surface area contributed by atoms with E-state index in [2.05, 4.69) is 15.5 Å². The topological polar surface area (TPSA) is 103 Å². The molecule has 1 N–H and O–H groups in total. The first kappa shape index (κ1) is 14.9. The van der Waals surface area contributed by atoms with Crippen molar-refractivity contribution in [2.45, 2.75) is 26.5 Å². The Morgan fingerprint density at radius 1 is 1.43 bits per heavy atom. The lowest BCUT2D eigenvalue weighted by atomic mass is 10.3. The van der Waals surface area contributed by atoms with Crippen LogP contribution in [0.2, 0.25) is 0 Å². The Kier molecular flexibility index (Phi) is 4.83. The smallest absolute Gasteiger partial charge is 0.269 e. The number of benzene rings is 1. The number of hydrogen-bond acceptors (Lipinski definition) is 7. The number of non-ortho nitro benzene ring substituents is 1. The van der Waals surface area contributed by atoms with Crippen LogP contribution in [0.4, 0.5) is 11.4 Å². The van der Waals surface area contributed by atoms with E-state index < -0.39 is 4.92 Å². The lowest BCUT2D eigenvalue weighted by Gasteiger charge is -2.05. The van der Waals surface area contributed by atoms with E-state index in [0.717, 1.165) is 5.69 Å². The van der Waals surface area contributed by atoms with Gasteiger partial charge in [0.1, 0.15) is 6.10 Å². The van der Waals surface area contributed by atoms with Gasteiger partial charge in [-0.3, -0.25) is 10.1 Å². The molecule has 0 aliphatic heterocycles. The number of anilines is 1. The number of nitro benzene ring substituents is 1. The van der Waals surface area contributed by atoms with E-state index in [0.29, 0.717) is 24.9 Å². The van der Waals surface area contributed by atoms with Crippen LogP contribution in [0.15, 0.2) is 28.8 Å². The van der Waals surface area contributed by atoms with Crippen LogP contribution in [0, 0.1) is 10.1 Å². The minimum Gasteiger partial charge on any atom is -0.376 e. The van der Waals surface area contributed by atoms with Crippen molar-refractivity contribution in [3.8, 4) is 0 Å². The van der Waals surface area contributed by atoms with Crippen molar-refractivity contribution in [2.75, 3.05) is 11.9 Å². The van der Waals surface area contributed by atoms with Crippen LogP contribution in [-0.4, -0.2) is 21.7 Å². The predicted octanol–water partition coefficient (Wildman–Crippen LogP) is 2.69. The highest BCUT2D eigenvalue weighted by molar-refractivity contribution is 5.48. The van der Waals surface area contributed by atoms with Crippen LogP contribution >= 0.6 is 0 Å². The summed E-state index contributed by atoms with van der Waals surface area (Å²) in [6, 6.07) is 6.11. The molecular weight excluding hydrogens is 276 g/mol.